The summed E-state index contributed by atoms with van der Waals surface area (Å²) in [6.07, 6.45) is -16.2. The van der Waals surface area contributed by atoms with E-state index in [1.54, 1.807) is 13.0 Å². The van der Waals surface area contributed by atoms with Gasteiger partial charge < -0.3 is 52.5 Å². The van der Waals surface area contributed by atoms with Gasteiger partial charge in [0.25, 0.3) is 0 Å². The summed E-state index contributed by atoms with van der Waals surface area (Å²) in [6, 6.07) is 9.96. The first-order valence-corrected chi connectivity index (χ1v) is 22.6. The molecule has 2 saturated carbocycles. The Hall–Kier alpha value is -6.81. The molecule has 2 spiro atoms. The van der Waals surface area contributed by atoms with Crippen molar-refractivity contribution in [2.45, 2.75) is 133 Å². The molecule has 1 N–H and O–H groups in total. The fourth-order valence-electron chi connectivity index (χ4n) is 10.5. The quantitative estimate of drug-likeness (QED) is 0.235. The van der Waals surface area contributed by atoms with E-state index in [2.05, 4.69) is 4.98 Å². The highest BCUT2D eigenvalue weighted by Gasteiger charge is 2.92. The van der Waals surface area contributed by atoms with Gasteiger partial charge in [0.1, 0.15) is 36.1 Å². The van der Waals surface area contributed by atoms with E-state index in [0.29, 0.717) is 0 Å². The molecule has 1 aromatic heterocycles. The Morgan fingerprint density at radius 1 is 0.786 bits per heavy atom. The number of ketones is 1. The first-order chi connectivity index (χ1) is 33.0. The third-order valence-electron chi connectivity index (χ3n) is 13.9. The fraction of sp³-hybridized carbons (Fsp3) is 0.562. The lowest BCUT2D eigenvalue weighted by Crippen LogP contribution is -2.92. The molecule has 2 saturated heterocycles. The number of nitrogens with zero attached hydrogens (tertiary/aromatic N) is 1. The molecular weight excluding hydrogens is 927 g/mol. The van der Waals surface area contributed by atoms with Gasteiger partial charge in [-0.15, -0.1) is 0 Å². The van der Waals surface area contributed by atoms with Gasteiger partial charge in [0.2, 0.25) is 5.60 Å². The lowest BCUT2D eigenvalue weighted by Gasteiger charge is -2.66. The minimum atomic E-state index is -3.39. The Labute approximate surface area is 400 Å². The van der Waals surface area contributed by atoms with Crippen molar-refractivity contribution in [3.8, 4) is 0 Å². The van der Waals surface area contributed by atoms with Crippen LogP contribution in [0.1, 0.15) is 100 Å². The van der Waals surface area contributed by atoms with Crippen molar-refractivity contribution in [1.29, 1.82) is 0 Å². The number of aromatic nitrogens is 1. The smallest absolute Gasteiger partial charge is 0.340 e. The number of hydrogen-bond acceptors (Lipinski definition) is 22. The Kier molecular flexibility index (Phi) is 14.2. The van der Waals surface area contributed by atoms with E-state index in [1.165, 1.54) is 56.4 Å². The van der Waals surface area contributed by atoms with Crippen LogP contribution in [-0.2, 0) is 85.7 Å². The summed E-state index contributed by atoms with van der Waals surface area (Å²) in [5.74, 6) is -19.1. The molecule has 0 radical (unpaired) electrons. The number of hydrogen-bond donors (Lipinski definition) is 1. The monoisotopic (exact) mass is 979 g/mol. The van der Waals surface area contributed by atoms with E-state index < -0.39 is 168 Å². The predicted molar refractivity (Wildman–Crippen MR) is 228 cm³/mol. The maximum Gasteiger partial charge on any atom is 0.340 e. The summed E-state index contributed by atoms with van der Waals surface area (Å²) >= 11 is 0. The summed E-state index contributed by atoms with van der Waals surface area (Å²) in [5, 5.41) is 13.8. The third kappa shape index (κ3) is 8.64. The number of aliphatic hydroxyl groups is 1. The van der Waals surface area contributed by atoms with Crippen molar-refractivity contribution in [3.05, 3.63) is 65.5 Å². The van der Waals surface area contributed by atoms with E-state index in [1.807, 2.05) is 0 Å². The van der Waals surface area contributed by atoms with Crippen molar-refractivity contribution < 1.29 is 100 Å². The standard InChI is InChI=1S/C48H53NO21/c1-21-16-17-30(53)29(19-32(54)61-8)45(59)70-47-39(64-25(5)51)35(66-41(21)55)33-31-20-62-44(58)28-15-12-18-49-34(28)22(2)23(3)42(56)68-38(46(7,60)48(47,69-31)37(33)63-24(4)50)36(40(47)65-26(6)52)67-43(57)27-13-10-9-11-14-27/h9-15,18,21-23,29,31,33,35-40,60H,16-17,19-20H2,1-8H3/t21?,22?,23?,29?,31-,33-,35-,36+,37-,38+,39-,40?,46+,47+,48+/m1/s1. The number of cyclic esters (lactones) is 1. The fourth-order valence-corrected chi connectivity index (χ4v) is 10.5. The molecular formula is C48H53NO21. The van der Waals surface area contributed by atoms with Crippen molar-refractivity contribution >= 4 is 59.5 Å². The molecule has 3 aliphatic heterocycles. The molecule has 2 aromatic rings. The van der Waals surface area contributed by atoms with Crippen LogP contribution < -0.4 is 0 Å². The van der Waals surface area contributed by atoms with Crippen LogP contribution in [0.2, 0.25) is 0 Å². The molecule has 4 fully saturated rings. The lowest BCUT2D eigenvalue weighted by molar-refractivity contribution is -0.395. The van der Waals surface area contributed by atoms with Gasteiger partial charge in [0, 0.05) is 39.3 Å². The summed E-state index contributed by atoms with van der Waals surface area (Å²) < 4.78 is 61.0. The summed E-state index contributed by atoms with van der Waals surface area (Å²) in [7, 11) is 0.975. The molecule has 22 heteroatoms. The second-order valence-electron chi connectivity index (χ2n) is 18.3. The number of rotatable bonds is 7. The Bertz CT molecular complexity index is 2470. The summed E-state index contributed by atoms with van der Waals surface area (Å²) in [5.41, 5.74) is -9.90. The van der Waals surface area contributed by atoms with Crippen LogP contribution in [0.15, 0.2) is 48.7 Å². The zero-order valence-electron chi connectivity index (χ0n) is 39.4. The molecule has 376 valence electrons. The number of Topliss-reactive ketones (excluding diaryl/α,β-unsaturated/α-hetero) is 1. The van der Waals surface area contributed by atoms with Crippen LogP contribution in [0, 0.1) is 23.7 Å². The van der Waals surface area contributed by atoms with E-state index in [9.17, 15) is 48.3 Å². The van der Waals surface area contributed by atoms with Gasteiger partial charge in [-0.05, 0) is 37.6 Å². The molecule has 5 unspecified atom stereocenters. The van der Waals surface area contributed by atoms with Gasteiger partial charge in [-0.25, -0.2) is 9.59 Å². The molecule has 7 rings (SSSR count). The third-order valence-corrected chi connectivity index (χ3v) is 13.9. The minimum Gasteiger partial charge on any atom is -0.469 e. The van der Waals surface area contributed by atoms with Crippen LogP contribution in [0.3, 0.4) is 0 Å². The number of carbonyl (C=O) groups excluding carboxylic acids is 10. The number of methoxy groups -OCH3 is 1. The SMILES string of the molecule is COC(=O)CC1C(=O)CCC(C)C(=O)O[C@@H]2[C@@H]3[C@@H](OC(C)=O)[C@@]45O[C@@H]3COC(=O)c3cccnc3C(C)C(C)C(=O)O[C@@H]([C@H](OC(=O)c3ccccc3)C(OC(C)=O)[C@@]4(OC1=O)[C@@H]2OC(C)=O)[C@]5(C)O. The highest BCUT2D eigenvalue weighted by molar-refractivity contribution is 6.02. The minimum absolute atomic E-state index is 0.0674. The first kappa shape index (κ1) is 51.1. The number of ether oxygens (including phenoxy) is 10. The summed E-state index contributed by atoms with van der Waals surface area (Å²) in [6.45, 7) is 7.09. The number of pyridine rings is 1. The van der Waals surface area contributed by atoms with Gasteiger partial charge in [-0.1, -0.05) is 39.0 Å². The first-order valence-electron chi connectivity index (χ1n) is 22.6. The van der Waals surface area contributed by atoms with Crippen LogP contribution in [0.5, 0.6) is 0 Å². The largest absolute Gasteiger partial charge is 0.469 e. The normalized spacial score (nSPS) is 36.1. The molecule has 4 heterocycles. The van der Waals surface area contributed by atoms with Crippen LogP contribution in [-0.4, -0.2) is 143 Å². The van der Waals surface area contributed by atoms with Crippen molar-refractivity contribution in [2.75, 3.05) is 13.7 Å². The topological polar surface area (TPSA) is 296 Å². The Balaban J connectivity index is 1.65. The average molecular weight is 980 g/mol. The van der Waals surface area contributed by atoms with Crippen molar-refractivity contribution in [3.63, 3.8) is 0 Å². The summed E-state index contributed by atoms with van der Waals surface area (Å²) in [4.78, 5) is 146. The molecule has 22 nitrogen and oxygen atoms in total. The van der Waals surface area contributed by atoms with E-state index in [0.717, 1.165) is 34.8 Å². The second-order valence-corrected chi connectivity index (χ2v) is 18.3. The second kappa shape index (κ2) is 19.5. The maximum atomic E-state index is 15.3. The van der Waals surface area contributed by atoms with Gasteiger partial charge in [-0.2, -0.15) is 0 Å². The highest BCUT2D eigenvalue weighted by Crippen LogP contribution is 2.66. The predicted octanol–water partition coefficient (Wildman–Crippen LogP) is 1.83. The number of carbonyl (C=O) groups is 10. The average Bonchev–Trinajstić information content (AvgIpc) is 3.59. The molecule has 6 bridgehead atoms. The number of fused-ring (bicyclic) bond motifs is 7. The molecule has 1 aromatic carbocycles. The highest BCUT2D eigenvalue weighted by atomic mass is 16.7. The van der Waals surface area contributed by atoms with Gasteiger partial charge in [0.05, 0.1) is 48.1 Å². The van der Waals surface area contributed by atoms with Gasteiger partial charge in [0.15, 0.2) is 36.1 Å². The molecule has 0 amide bonds. The zero-order valence-corrected chi connectivity index (χ0v) is 39.4. The van der Waals surface area contributed by atoms with Crippen LogP contribution >= 0.6 is 0 Å². The Morgan fingerprint density at radius 2 is 1.43 bits per heavy atom. The molecule has 70 heavy (non-hydrogen) atoms. The van der Waals surface area contributed by atoms with Crippen molar-refractivity contribution in [1.82, 2.24) is 4.98 Å². The van der Waals surface area contributed by atoms with Crippen molar-refractivity contribution in [2.24, 2.45) is 23.7 Å². The number of esters is 9. The van der Waals surface area contributed by atoms with Crippen LogP contribution in [0.25, 0.3) is 0 Å². The molecule has 15 atom stereocenters. The zero-order chi connectivity index (χ0) is 51.2. The van der Waals surface area contributed by atoms with Gasteiger partial charge in [-0.3, -0.25) is 43.3 Å². The van der Waals surface area contributed by atoms with E-state index in [-0.39, 0.29) is 23.2 Å². The molecule has 5 aliphatic rings. The van der Waals surface area contributed by atoms with E-state index >= 15 is 4.79 Å². The maximum absolute atomic E-state index is 15.3. The van der Waals surface area contributed by atoms with E-state index in [4.69, 9.17) is 47.4 Å². The Morgan fingerprint density at radius 3 is 2.07 bits per heavy atom. The molecule has 2 aliphatic carbocycles. The lowest BCUT2D eigenvalue weighted by atomic mass is 9.50. The van der Waals surface area contributed by atoms with Gasteiger partial charge >= 0.3 is 53.7 Å². The number of benzene rings is 1. The van der Waals surface area contributed by atoms with Crippen LogP contribution in [0.4, 0.5) is 0 Å².